The van der Waals surface area contributed by atoms with Crippen molar-refractivity contribution in [2.24, 2.45) is 0 Å². The van der Waals surface area contributed by atoms with Crippen LogP contribution in [-0.2, 0) is 0 Å². The third kappa shape index (κ3) is 4.18. The maximum Gasteiger partial charge on any atom is 0.230 e. The molecule has 0 amide bonds. The number of hydrogen-bond donors (Lipinski definition) is 1. The van der Waals surface area contributed by atoms with Gasteiger partial charge in [0.25, 0.3) is 0 Å². The van der Waals surface area contributed by atoms with Gasteiger partial charge in [0.05, 0.1) is 31.5 Å². The minimum absolute atomic E-state index is 0.0144. The molecule has 0 unspecified atom stereocenters. The lowest BCUT2D eigenvalue weighted by Gasteiger charge is -2.08. The van der Waals surface area contributed by atoms with Gasteiger partial charge in [0.2, 0.25) is 5.78 Å². The summed E-state index contributed by atoms with van der Waals surface area (Å²) in [6, 6.07) is 18.9. The van der Waals surface area contributed by atoms with Crippen molar-refractivity contribution in [2.45, 2.75) is 0 Å². The largest absolute Gasteiger partial charge is 0.497 e. The van der Waals surface area contributed by atoms with E-state index in [0.29, 0.717) is 44.3 Å². The molecule has 162 valence electrons. The molecule has 0 fully saturated rings. The Labute approximate surface area is 189 Å². The van der Waals surface area contributed by atoms with Gasteiger partial charge in [-0.2, -0.15) is 0 Å². The SMILES string of the molecule is COc1ccc(C(=O)CNc2c(C(=O)c3ccc(OC)c(Cl)c3)oc3ccccc23)cc1. The lowest BCUT2D eigenvalue weighted by atomic mass is 10.1. The van der Waals surface area contributed by atoms with Crippen LogP contribution in [0.4, 0.5) is 5.69 Å². The number of para-hydroxylation sites is 1. The van der Waals surface area contributed by atoms with Crippen molar-refractivity contribution in [2.75, 3.05) is 26.1 Å². The van der Waals surface area contributed by atoms with Gasteiger partial charge in [-0.1, -0.05) is 23.7 Å². The number of benzene rings is 3. The predicted molar refractivity (Wildman–Crippen MR) is 123 cm³/mol. The van der Waals surface area contributed by atoms with E-state index in [4.69, 9.17) is 25.5 Å². The Bertz CT molecular complexity index is 1290. The number of Topliss-reactive ketones (excluding diaryl/α,β-unsaturated/α-hetero) is 1. The van der Waals surface area contributed by atoms with Gasteiger partial charge in [-0.05, 0) is 54.6 Å². The number of anilines is 1. The number of ketones is 2. The highest BCUT2D eigenvalue weighted by Gasteiger charge is 2.23. The Morgan fingerprint density at radius 1 is 0.938 bits per heavy atom. The highest BCUT2D eigenvalue weighted by molar-refractivity contribution is 6.32. The van der Waals surface area contributed by atoms with Crippen LogP contribution in [-0.4, -0.2) is 32.3 Å². The second kappa shape index (κ2) is 9.16. The van der Waals surface area contributed by atoms with Gasteiger partial charge in [-0.15, -0.1) is 0 Å². The molecule has 0 aliphatic rings. The normalized spacial score (nSPS) is 10.7. The second-order valence-electron chi connectivity index (χ2n) is 6.99. The highest BCUT2D eigenvalue weighted by atomic mass is 35.5. The Morgan fingerprint density at radius 2 is 1.66 bits per heavy atom. The maximum atomic E-state index is 13.2. The Hall–Kier alpha value is -3.77. The number of carbonyl (C=O) groups excluding carboxylic acids is 2. The number of hydrogen-bond acceptors (Lipinski definition) is 6. The molecule has 0 spiro atoms. The van der Waals surface area contributed by atoms with E-state index < -0.39 is 0 Å². The minimum Gasteiger partial charge on any atom is -0.497 e. The maximum absolute atomic E-state index is 13.2. The van der Waals surface area contributed by atoms with Crippen LogP contribution in [0.3, 0.4) is 0 Å². The quantitative estimate of drug-likeness (QED) is 0.351. The summed E-state index contributed by atoms with van der Waals surface area (Å²) in [5.41, 5.74) is 1.87. The first kappa shape index (κ1) is 21.5. The monoisotopic (exact) mass is 449 g/mol. The average molecular weight is 450 g/mol. The first-order valence-electron chi connectivity index (χ1n) is 9.82. The van der Waals surface area contributed by atoms with E-state index in [0.717, 1.165) is 0 Å². The average Bonchev–Trinajstić information content (AvgIpc) is 3.20. The minimum atomic E-state index is -0.356. The smallest absolute Gasteiger partial charge is 0.230 e. The zero-order chi connectivity index (χ0) is 22.7. The van der Waals surface area contributed by atoms with E-state index in [9.17, 15) is 9.59 Å². The van der Waals surface area contributed by atoms with Crippen LogP contribution in [0, 0.1) is 0 Å². The molecule has 0 aliphatic heterocycles. The molecule has 1 N–H and O–H groups in total. The van der Waals surface area contributed by atoms with Gasteiger partial charge in [0.15, 0.2) is 11.5 Å². The first-order valence-corrected chi connectivity index (χ1v) is 10.2. The van der Waals surface area contributed by atoms with Crippen molar-refractivity contribution in [3.63, 3.8) is 0 Å². The molecule has 0 saturated heterocycles. The summed E-state index contributed by atoms with van der Waals surface area (Å²) >= 11 is 6.19. The fourth-order valence-corrected chi connectivity index (χ4v) is 3.62. The molecule has 6 nitrogen and oxygen atoms in total. The van der Waals surface area contributed by atoms with E-state index >= 15 is 0 Å². The van der Waals surface area contributed by atoms with Crippen molar-refractivity contribution in [1.82, 2.24) is 0 Å². The van der Waals surface area contributed by atoms with Gasteiger partial charge in [-0.25, -0.2) is 0 Å². The third-order valence-electron chi connectivity index (χ3n) is 5.05. The van der Waals surface area contributed by atoms with Crippen LogP contribution in [0.5, 0.6) is 11.5 Å². The Kier molecular flexibility index (Phi) is 6.14. The van der Waals surface area contributed by atoms with Crippen molar-refractivity contribution in [3.05, 3.63) is 88.6 Å². The third-order valence-corrected chi connectivity index (χ3v) is 5.35. The fraction of sp³-hybridized carbons (Fsp3) is 0.120. The molecular weight excluding hydrogens is 430 g/mol. The molecule has 0 saturated carbocycles. The number of halogens is 1. The van der Waals surface area contributed by atoms with E-state index in [1.54, 1.807) is 49.6 Å². The molecule has 1 heterocycles. The Balaban J connectivity index is 1.65. The van der Waals surface area contributed by atoms with Crippen LogP contribution < -0.4 is 14.8 Å². The second-order valence-corrected chi connectivity index (χ2v) is 7.39. The number of furan rings is 1. The molecule has 0 atom stereocenters. The van der Waals surface area contributed by atoms with Crippen LogP contribution in [0.2, 0.25) is 5.02 Å². The van der Waals surface area contributed by atoms with Crippen molar-refractivity contribution in [1.29, 1.82) is 0 Å². The first-order chi connectivity index (χ1) is 15.5. The van der Waals surface area contributed by atoms with E-state index in [-0.39, 0.29) is 23.9 Å². The highest BCUT2D eigenvalue weighted by Crippen LogP contribution is 2.34. The van der Waals surface area contributed by atoms with Gasteiger partial charge in [0.1, 0.15) is 17.1 Å². The standard InChI is InChI=1S/C25H20ClNO5/c1-30-17-10-7-15(8-11-17)20(28)14-27-23-18-5-3-4-6-21(18)32-25(23)24(29)16-9-12-22(31-2)19(26)13-16/h3-13,27H,14H2,1-2H3. The number of rotatable bonds is 8. The molecule has 7 heteroatoms. The zero-order valence-corrected chi connectivity index (χ0v) is 18.2. The predicted octanol–water partition coefficient (Wildman–Crippen LogP) is 5.63. The zero-order valence-electron chi connectivity index (χ0n) is 17.5. The lowest BCUT2D eigenvalue weighted by molar-refractivity contribution is 0.0997. The van der Waals surface area contributed by atoms with Gasteiger partial charge in [-0.3, -0.25) is 9.59 Å². The number of fused-ring (bicyclic) bond motifs is 1. The number of ether oxygens (including phenoxy) is 2. The summed E-state index contributed by atoms with van der Waals surface area (Å²) < 4.78 is 16.1. The van der Waals surface area contributed by atoms with Crippen LogP contribution >= 0.6 is 11.6 Å². The van der Waals surface area contributed by atoms with E-state index in [2.05, 4.69) is 5.32 Å². The van der Waals surface area contributed by atoms with Gasteiger partial charge >= 0.3 is 0 Å². The van der Waals surface area contributed by atoms with Crippen LogP contribution in [0.1, 0.15) is 26.5 Å². The van der Waals surface area contributed by atoms with Crippen LogP contribution in [0.25, 0.3) is 11.0 Å². The van der Waals surface area contributed by atoms with Gasteiger partial charge in [0, 0.05) is 16.5 Å². The fourth-order valence-electron chi connectivity index (χ4n) is 3.37. The van der Waals surface area contributed by atoms with Crippen molar-refractivity contribution >= 4 is 39.8 Å². The van der Waals surface area contributed by atoms with E-state index in [1.807, 2.05) is 18.2 Å². The number of nitrogens with one attached hydrogen (secondary N) is 1. The molecule has 0 radical (unpaired) electrons. The summed E-state index contributed by atoms with van der Waals surface area (Å²) in [5, 5.41) is 4.12. The molecule has 0 bridgehead atoms. The van der Waals surface area contributed by atoms with Crippen molar-refractivity contribution < 1.29 is 23.5 Å². The summed E-state index contributed by atoms with van der Waals surface area (Å²) in [4.78, 5) is 25.9. The topological polar surface area (TPSA) is 77.8 Å². The molecule has 3 aromatic carbocycles. The summed E-state index contributed by atoms with van der Waals surface area (Å²) in [7, 11) is 3.07. The number of carbonyl (C=O) groups is 2. The molecular formula is C25H20ClNO5. The van der Waals surface area contributed by atoms with E-state index in [1.165, 1.54) is 13.2 Å². The molecule has 4 aromatic rings. The summed E-state index contributed by atoms with van der Waals surface area (Å²) in [6.45, 7) is -0.0144. The Morgan fingerprint density at radius 3 is 2.34 bits per heavy atom. The van der Waals surface area contributed by atoms with Gasteiger partial charge < -0.3 is 19.2 Å². The number of methoxy groups -OCH3 is 2. The van der Waals surface area contributed by atoms with Crippen molar-refractivity contribution in [3.8, 4) is 11.5 Å². The molecule has 32 heavy (non-hydrogen) atoms. The lowest BCUT2D eigenvalue weighted by Crippen LogP contribution is -2.15. The summed E-state index contributed by atoms with van der Waals surface area (Å²) in [6.07, 6.45) is 0. The summed E-state index contributed by atoms with van der Waals surface area (Å²) in [5.74, 6) is 0.751. The molecule has 0 aliphatic carbocycles. The molecule has 1 aromatic heterocycles. The molecule has 4 rings (SSSR count). The van der Waals surface area contributed by atoms with Crippen LogP contribution in [0.15, 0.2) is 71.1 Å².